The normalized spacial score (nSPS) is 26.4. The number of hydrogen-bond donors (Lipinski definition) is 1. The molecule has 0 spiro atoms. The van der Waals surface area contributed by atoms with Gasteiger partial charge in [0.1, 0.15) is 0 Å². The van der Waals surface area contributed by atoms with Crippen molar-refractivity contribution in [1.82, 2.24) is 5.32 Å². The quantitative estimate of drug-likeness (QED) is 0.559. The monoisotopic (exact) mass is 207 g/mol. The summed E-state index contributed by atoms with van der Waals surface area (Å²) >= 11 is 0. The Morgan fingerprint density at radius 3 is 3.07 bits per heavy atom. The van der Waals surface area contributed by atoms with Crippen molar-refractivity contribution >= 4 is 5.91 Å². The van der Waals surface area contributed by atoms with Crippen LogP contribution in [0, 0.1) is 11.8 Å². The molecular formula is C13H21NO. The van der Waals surface area contributed by atoms with E-state index in [4.69, 9.17) is 0 Å². The van der Waals surface area contributed by atoms with Gasteiger partial charge in [0.25, 0.3) is 0 Å². The second-order valence-electron chi connectivity index (χ2n) is 4.48. The standard InChI is InChI=1S/C13H21NO/c1-4-13(15)14-9-12-7-5-10(2)11(3)6-8-12/h4-5,11-12H,1,6-9H2,2-3H3,(H,14,15). The third kappa shape index (κ3) is 3.90. The third-order valence-electron chi connectivity index (χ3n) is 3.31. The summed E-state index contributed by atoms with van der Waals surface area (Å²) in [4.78, 5) is 11.0. The molecule has 0 aromatic heterocycles. The second-order valence-corrected chi connectivity index (χ2v) is 4.48. The molecule has 0 aromatic carbocycles. The third-order valence-corrected chi connectivity index (χ3v) is 3.31. The summed E-state index contributed by atoms with van der Waals surface area (Å²) in [7, 11) is 0. The van der Waals surface area contributed by atoms with Gasteiger partial charge in [0.05, 0.1) is 0 Å². The molecule has 1 N–H and O–H groups in total. The van der Waals surface area contributed by atoms with Gasteiger partial charge in [-0.25, -0.2) is 0 Å². The van der Waals surface area contributed by atoms with E-state index in [0.717, 1.165) is 13.0 Å². The van der Waals surface area contributed by atoms with Crippen LogP contribution >= 0.6 is 0 Å². The maximum absolute atomic E-state index is 11.0. The maximum Gasteiger partial charge on any atom is 0.243 e. The summed E-state index contributed by atoms with van der Waals surface area (Å²) in [5.74, 6) is 1.23. The summed E-state index contributed by atoms with van der Waals surface area (Å²) in [6, 6.07) is 0. The van der Waals surface area contributed by atoms with Crippen LogP contribution < -0.4 is 5.32 Å². The highest BCUT2D eigenvalue weighted by atomic mass is 16.1. The van der Waals surface area contributed by atoms with Gasteiger partial charge in [-0.05, 0) is 44.1 Å². The number of carbonyl (C=O) groups is 1. The van der Waals surface area contributed by atoms with E-state index >= 15 is 0 Å². The molecule has 84 valence electrons. The highest BCUT2D eigenvalue weighted by Gasteiger charge is 2.15. The average molecular weight is 207 g/mol. The largest absolute Gasteiger partial charge is 0.352 e. The van der Waals surface area contributed by atoms with Crippen LogP contribution in [0.2, 0.25) is 0 Å². The van der Waals surface area contributed by atoms with Crippen molar-refractivity contribution in [3.05, 3.63) is 24.3 Å². The Kier molecular flexibility index (Phi) is 4.60. The predicted molar refractivity (Wildman–Crippen MR) is 63.5 cm³/mol. The highest BCUT2D eigenvalue weighted by Crippen LogP contribution is 2.26. The molecule has 0 saturated carbocycles. The molecule has 1 aliphatic rings. The zero-order chi connectivity index (χ0) is 11.3. The number of amides is 1. The Hall–Kier alpha value is -1.05. The van der Waals surface area contributed by atoms with Gasteiger partial charge >= 0.3 is 0 Å². The summed E-state index contributed by atoms with van der Waals surface area (Å²) in [5.41, 5.74) is 1.49. The molecule has 1 amide bonds. The first kappa shape index (κ1) is 12.0. The summed E-state index contributed by atoms with van der Waals surface area (Å²) in [6.07, 6.45) is 7.18. The Morgan fingerprint density at radius 1 is 1.67 bits per heavy atom. The number of nitrogens with one attached hydrogen (secondary N) is 1. The van der Waals surface area contributed by atoms with Crippen molar-refractivity contribution in [1.29, 1.82) is 0 Å². The van der Waals surface area contributed by atoms with Crippen molar-refractivity contribution in [3.63, 3.8) is 0 Å². The molecule has 0 radical (unpaired) electrons. The number of rotatable bonds is 3. The van der Waals surface area contributed by atoms with Gasteiger partial charge < -0.3 is 5.32 Å². The molecule has 0 heterocycles. The van der Waals surface area contributed by atoms with Gasteiger partial charge in [0, 0.05) is 6.54 Å². The van der Waals surface area contributed by atoms with E-state index in [0.29, 0.717) is 11.8 Å². The smallest absolute Gasteiger partial charge is 0.243 e. The van der Waals surface area contributed by atoms with Gasteiger partial charge in [0.15, 0.2) is 0 Å². The van der Waals surface area contributed by atoms with Gasteiger partial charge in [-0.1, -0.05) is 25.2 Å². The fourth-order valence-corrected chi connectivity index (χ4v) is 1.89. The van der Waals surface area contributed by atoms with Gasteiger partial charge in [-0.2, -0.15) is 0 Å². The van der Waals surface area contributed by atoms with Gasteiger partial charge in [0.2, 0.25) is 5.91 Å². The minimum absolute atomic E-state index is 0.0620. The van der Waals surface area contributed by atoms with E-state index in [1.165, 1.54) is 24.5 Å². The second kappa shape index (κ2) is 5.74. The molecule has 2 nitrogen and oxygen atoms in total. The van der Waals surface area contributed by atoms with Crippen molar-refractivity contribution in [2.75, 3.05) is 6.54 Å². The molecule has 2 heteroatoms. The molecule has 2 unspecified atom stereocenters. The van der Waals surface area contributed by atoms with E-state index in [2.05, 4.69) is 31.8 Å². The predicted octanol–water partition coefficient (Wildman–Crippen LogP) is 2.67. The molecule has 0 aliphatic heterocycles. The van der Waals surface area contributed by atoms with Crippen molar-refractivity contribution in [3.8, 4) is 0 Å². The van der Waals surface area contributed by atoms with E-state index in [-0.39, 0.29) is 5.91 Å². The lowest BCUT2D eigenvalue weighted by molar-refractivity contribution is -0.116. The summed E-state index contributed by atoms with van der Waals surface area (Å²) < 4.78 is 0. The first-order valence-corrected chi connectivity index (χ1v) is 5.70. The Labute approximate surface area is 92.4 Å². The molecule has 1 aliphatic carbocycles. The van der Waals surface area contributed by atoms with Gasteiger partial charge in [-0.15, -0.1) is 0 Å². The van der Waals surface area contributed by atoms with Gasteiger partial charge in [-0.3, -0.25) is 4.79 Å². The molecule has 1 rings (SSSR count). The average Bonchev–Trinajstić information content (AvgIpc) is 2.40. The van der Waals surface area contributed by atoms with E-state index in [1.54, 1.807) is 0 Å². The van der Waals surface area contributed by atoms with Crippen LogP contribution in [0.5, 0.6) is 0 Å². The molecule has 0 fully saturated rings. The highest BCUT2D eigenvalue weighted by molar-refractivity contribution is 5.86. The zero-order valence-electron chi connectivity index (χ0n) is 9.75. The van der Waals surface area contributed by atoms with Crippen LogP contribution in [-0.2, 0) is 4.79 Å². The number of hydrogen-bond acceptors (Lipinski definition) is 1. The lowest BCUT2D eigenvalue weighted by atomic mass is 9.96. The summed E-state index contributed by atoms with van der Waals surface area (Å²) in [5, 5.41) is 2.87. The van der Waals surface area contributed by atoms with Crippen molar-refractivity contribution < 1.29 is 4.79 Å². The lowest BCUT2D eigenvalue weighted by Gasteiger charge is -2.14. The molecule has 0 bridgehead atoms. The Balaban J connectivity index is 2.38. The fourth-order valence-electron chi connectivity index (χ4n) is 1.89. The van der Waals surface area contributed by atoms with E-state index in [9.17, 15) is 4.79 Å². The Morgan fingerprint density at radius 2 is 2.40 bits per heavy atom. The fraction of sp³-hybridized carbons (Fsp3) is 0.615. The maximum atomic E-state index is 11.0. The van der Waals surface area contributed by atoms with Crippen molar-refractivity contribution in [2.24, 2.45) is 11.8 Å². The topological polar surface area (TPSA) is 29.1 Å². The van der Waals surface area contributed by atoms with Crippen LogP contribution in [0.25, 0.3) is 0 Å². The first-order valence-electron chi connectivity index (χ1n) is 5.70. The minimum Gasteiger partial charge on any atom is -0.352 e. The Bertz CT molecular complexity index is 268. The van der Waals surface area contributed by atoms with Crippen LogP contribution in [0.4, 0.5) is 0 Å². The van der Waals surface area contributed by atoms with Crippen LogP contribution in [0.1, 0.15) is 33.1 Å². The lowest BCUT2D eigenvalue weighted by Crippen LogP contribution is -2.27. The molecule has 0 aromatic rings. The molecule has 15 heavy (non-hydrogen) atoms. The van der Waals surface area contributed by atoms with Crippen molar-refractivity contribution in [2.45, 2.75) is 33.1 Å². The SMILES string of the molecule is C=CC(=O)NCC1CC=C(C)C(C)CC1. The number of allylic oxidation sites excluding steroid dienone is 2. The molecular weight excluding hydrogens is 186 g/mol. The van der Waals surface area contributed by atoms with Crippen LogP contribution in [-0.4, -0.2) is 12.5 Å². The molecule has 0 saturated heterocycles. The van der Waals surface area contributed by atoms with Crippen LogP contribution in [0.3, 0.4) is 0 Å². The summed E-state index contributed by atoms with van der Waals surface area (Å²) in [6.45, 7) is 8.70. The molecule has 2 atom stereocenters. The first-order chi connectivity index (χ1) is 7.13. The number of carbonyl (C=O) groups excluding carboxylic acids is 1. The van der Waals surface area contributed by atoms with Crippen LogP contribution in [0.15, 0.2) is 24.3 Å². The minimum atomic E-state index is -0.0620. The van der Waals surface area contributed by atoms with E-state index < -0.39 is 0 Å². The van der Waals surface area contributed by atoms with E-state index in [1.807, 2.05) is 0 Å². The zero-order valence-corrected chi connectivity index (χ0v) is 9.75.